The minimum Gasteiger partial charge on any atom is -0.336 e. The van der Waals surface area contributed by atoms with Crippen molar-refractivity contribution in [2.24, 2.45) is 0 Å². The Bertz CT molecular complexity index is 1430. The molecular weight excluding hydrogens is 486 g/mol. The van der Waals surface area contributed by atoms with Crippen molar-refractivity contribution >= 4 is 26.8 Å². The molecule has 1 atom stereocenters. The van der Waals surface area contributed by atoms with Crippen LogP contribution >= 0.6 is 0 Å². The lowest BCUT2D eigenvalue weighted by atomic mass is 9.94. The Morgan fingerprint density at radius 3 is 2.19 bits per heavy atom. The molecule has 0 N–H and O–H groups in total. The van der Waals surface area contributed by atoms with Crippen LogP contribution < -0.4 is 0 Å². The highest BCUT2D eigenvalue weighted by molar-refractivity contribution is 7.85. The Labute approximate surface area is 217 Å². The van der Waals surface area contributed by atoms with E-state index in [1.807, 2.05) is 60.7 Å². The Morgan fingerprint density at radius 2 is 1.54 bits per heavy atom. The van der Waals surface area contributed by atoms with E-state index in [9.17, 15) is 13.2 Å². The highest BCUT2D eigenvalue weighted by Gasteiger charge is 2.36. The molecule has 2 heterocycles. The molecule has 4 aromatic rings. The van der Waals surface area contributed by atoms with E-state index in [2.05, 4.69) is 34.1 Å². The smallest absolute Gasteiger partial charge is 0.264 e. The lowest BCUT2D eigenvalue weighted by Crippen LogP contribution is -2.57. The van der Waals surface area contributed by atoms with E-state index in [1.165, 1.54) is 0 Å². The number of pyridine rings is 1. The molecule has 0 saturated carbocycles. The number of aromatic nitrogens is 1. The SMILES string of the molecule is CS(=O)(=O)OC[C@@H]1CN(C(=O)c2cncc3ccccc23)CCN1C(c1ccccc1)c1ccccc1. The molecule has 7 nitrogen and oxygen atoms in total. The van der Waals surface area contributed by atoms with Crippen molar-refractivity contribution in [2.45, 2.75) is 12.1 Å². The van der Waals surface area contributed by atoms with Gasteiger partial charge < -0.3 is 4.90 Å². The fourth-order valence-corrected chi connectivity index (χ4v) is 5.45. The molecule has 0 radical (unpaired) electrons. The first-order chi connectivity index (χ1) is 17.9. The average molecular weight is 516 g/mol. The van der Waals surface area contributed by atoms with Gasteiger partial charge in [-0.2, -0.15) is 8.42 Å². The molecule has 8 heteroatoms. The number of hydrogen-bond acceptors (Lipinski definition) is 6. The van der Waals surface area contributed by atoms with Gasteiger partial charge in [0, 0.05) is 37.4 Å². The van der Waals surface area contributed by atoms with Gasteiger partial charge >= 0.3 is 0 Å². The summed E-state index contributed by atoms with van der Waals surface area (Å²) in [5, 5.41) is 1.75. The normalized spacial score (nSPS) is 16.8. The molecule has 1 aliphatic heterocycles. The molecule has 1 aromatic heterocycles. The van der Waals surface area contributed by atoms with Crippen LogP contribution in [0, 0.1) is 0 Å². The summed E-state index contributed by atoms with van der Waals surface area (Å²) in [5.74, 6) is -0.121. The van der Waals surface area contributed by atoms with Crippen LogP contribution in [0.3, 0.4) is 0 Å². The van der Waals surface area contributed by atoms with Crippen molar-refractivity contribution < 1.29 is 17.4 Å². The van der Waals surface area contributed by atoms with Crippen molar-refractivity contribution in [1.29, 1.82) is 0 Å². The van der Waals surface area contributed by atoms with Crippen LogP contribution in [0.2, 0.25) is 0 Å². The van der Waals surface area contributed by atoms with E-state index in [1.54, 1.807) is 17.3 Å². The molecule has 1 fully saturated rings. The van der Waals surface area contributed by atoms with E-state index in [0.717, 1.165) is 28.2 Å². The molecule has 1 aliphatic rings. The highest BCUT2D eigenvalue weighted by atomic mass is 32.2. The molecule has 5 rings (SSSR count). The molecule has 0 spiro atoms. The number of amides is 1. The summed E-state index contributed by atoms with van der Waals surface area (Å²) in [7, 11) is -3.66. The Balaban J connectivity index is 1.49. The summed E-state index contributed by atoms with van der Waals surface area (Å²) in [6, 6.07) is 27.5. The van der Waals surface area contributed by atoms with Crippen LogP contribution in [0.5, 0.6) is 0 Å². The predicted octanol–water partition coefficient (Wildman–Crippen LogP) is 4.13. The van der Waals surface area contributed by atoms with Gasteiger partial charge in [-0.15, -0.1) is 0 Å². The standard InChI is InChI=1S/C29H29N3O4S/c1-37(34,35)36-21-25-20-31(29(33)27-19-30-18-24-14-8-9-15-26(24)27)16-17-32(25)28(22-10-4-2-5-11-22)23-12-6-3-7-13-23/h2-15,18-19,25,28H,16-17,20-21H2,1H3/t25-/m0/s1. The summed E-state index contributed by atoms with van der Waals surface area (Å²) >= 11 is 0. The minimum absolute atomic E-state index is 0.0490. The number of carbonyl (C=O) groups excluding carboxylic acids is 1. The van der Waals surface area contributed by atoms with Crippen molar-refractivity contribution in [1.82, 2.24) is 14.8 Å². The van der Waals surface area contributed by atoms with E-state index >= 15 is 0 Å². The fraction of sp³-hybridized carbons (Fsp3) is 0.241. The van der Waals surface area contributed by atoms with E-state index in [4.69, 9.17) is 4.18 Å². The zero-order valence-electron chi connectivity index (χ0n) is 20.6. The quantitative estimate of drug-likeness (QED) is 0.345. The monoisotopic (exact) mass is 515 g/mol. The molecule has 1 saturated heterocycles. The van der Waals surface area contributed by atoms with Gasteiger partial charge in [-0.25, -0.2) is 0 Å². The Morgan fingerprint density at radius 1 is 0.919 bits per heavy atom. The molecule has 1 amide bonds. The zero-order chi connectivity index (χ0) is 25.8. The lowest BCUT2D eigenvalue weighted by molar-refractivity contribution is 0.0248. The minimum atomic E-state index is -3.66. The first kappa shape index (κ1) is 25.1. The number of hydrogen-bond donors (Lipinski definition) is 0. The zero-order valence-corrected chi connectivity index (χ0v) is 21.4. The fourth-order valence-electron chi connectivity index (χ4n) is 5.05. The second-order valence-corrected chi connectivity index (χ2v) is 10.9. The first-order valence-electron chi connectivity index (χ1n) is 12.2. The number of carbonyl (C=O) groups is 1. The third kappa shape index (κ3) is 5.72. The summed E-state index contributed by atoms with van der Waals surface area (Å²) in [5.41, 5.74) is 2.73. The van der Waals surface area contributed by atoms with Crippen molar-refractivity contribution in [2.75, 3.05) is 32.5 Å². The summed E-state index contributed by atoms with van der Waals surface area (Å²) in [6.45, 7) is 1.32. The van der Waals surface area contributed by atoms with Gasteiger partial charge in [-0.3, -0.25) is 18.9 Å². The highest BCUT2D eigenvalue weighted by Crippen LogP contribution is 2.33. The van der Waals surface area contributed by atoms with Crippen LogP contribution in [-0.4, -0.2) is 67.6 Å². The number of rotatable bonds is 7. The van der Waals surface area contributed by atoms with Crippen LogP contribution in [0.15, 0.2) is 97.3 Å². The van der Waals surface area contributed by atoms with Crippen LogP contribution in [-0.2, 0) is 14.3 Å². The lowest BCUT2D eigenvalue weighted by Gasteiger charge is -2.45. The number of fused-ring (bicyclic) bond motifs is 1. The summed E-state index contributed by atoms with van der Waals surface area (Å²) in [6.07, 6.45) is 4.41. The summed E-state index contributed by atoms with van der Waals surface area (Å²) < 4.78 is 29.2. The van der Waals surface area contributed by atoms with Crippen LogP contribution in [0.4, 0.5) is 0 Å². The van der Waals surface area contributed by atoms with E-state index in [-0.39, 0.29) is 24.6 Å². The third-order valence-electron chi connectivity index (χ3n) is 6.75. The molecule has 37 heavy (non-hydrogen) atoms. The van der Waals surface area contributed by atoms with Gasteiger partial charge in [0.2, 0.25) is 0 Å². The molecule has 0 aliphatic carbocycles. The van der Waals surface area contributed by atoms with Gasteiger partial charge in [-0.05, 0) is 16.5 Å². The topological polar surface area (TPSA) is 79.8 Å². The van der Waals surface area contributed by atoms with Gasteiger partial charge in [-0.1, -0.05) is 84.9 Å². The maximum absolute atomic E-state index is 13.7. The van der Waals surface area contributed by atoms with E-state index < -0.39 is 10.1 Å². The van der Waals surface area contributed by atoms with Gasteiger partial charge in [0.15, 0.2) is 0 Å². The average Bonchev–Trinajstić information content (AvgIpc) is 2.92. The van der Waals surface area contributed by atoms with Crippen LogP contribution in [0.1, 0.15) is 27.5 Å². The molecular formula is C29H29N3O4S. The van der Waals surface area contributed by atoms with E-state index in [0.29, 0.717) is 25.2 Å². The number of piperazine rings is 1. The molecule has 0 unspecified atom stereocenters. The molecule has 0 bridgehead atoms. The first-order valence-corrected chi connectivity index (χ1v) is 14.0. The predicted molar refractivity (Wildman–Crippen MR) is 144 cm³/mol. The van der Waals surface area contributed by atoms with Crippen molar-refractivity contribution in [3.05, 3.63) is 114 Å². The Hall–Kier alpha value is -3.59. The van der Waals surface area contributed by atoms with Gasteiger partial charge in [0.1, 0.15) is 0 Å². The van der Waals surface area contributed by atoms with Crippen molar-refractivity contribution in [3.8, 4) is 0 Å². The van der Waals surface area contributed by atoms with Crippen LogP contribution in [0.25, 0.3) is 10.8 Å². The maximum Gasteiger partial charge on any atom is 0.264 e. The second-order valence-electron chi connectivity index (χ2n) is 9.26. The summed E-state index contributed by atoms with van der Waals surface area (Å²) in [4.78, 5) is 22.0. The van der Waals surface area contributed by atoms with Gasteiger partial charge in [0.25, 0.3) is 16.0 Å². The molecule has 3 aromatic carbocycles. The third-order valence-corrected chi connectivity index (χ3v) is 7.32. The number of nitrogens with zero attached hydrogens (tertiary/aromatic N) is 3. The number of benzene rings is 3. The molecule has 190 valence electrons. The largest absolute Gasteiger partial charge is 0.336 e. The second kappa shape index (κ2) is 10.8. The van der Waals surface area contributed by atoms with Gasteiger partial charge in [0.05, 0.1) is 30.5 Å². The van der Waals surface area contributed by atoms with Crippen molar-refractivity contribution in [3.63, 3.8) is 0 Å². The maximum atomic E-state index is 13.7. The Kier molecular flexibility index (Phi) is 7.32.